The van der Waals surface area contributed by atoms with Crippen molar-refractivity contribution in [3.05, 3.63) is 17.3 Å². The predicted molar refractivity (Wildman–Crippen MR) is 59.6 cm³/mol. The molecule has 88 valence electrons. The number of hydrogen-bond donors (Lipinski definition) is 0. The van der Waals surface area contributed by atoms with Crippen LogP contribution in [0.2, 0.25) is 5.15 Å². The lowest BCUT2D eigenvalue weighted by Gasteiger charge is -2.34. The molecular weight excluding hydrogens is 233 g/mol. The quantitative estimate of drug-likeness (QED) is 0.795. The molecule has 1 aliphatic rings. The Morgan fingerprint density at radius 1 is 1.50 bits per heavy atom. The summed E-state index contributed by atoms with van der Waals surface area (Å²) in [6.45, 7) is 0.729. The number of halogens is 2. The van der Waals surface area contributed by atoms with Crippen molar-refractivity contribution in [3.8, 4) is 0 Å². The predicted octanol–water partition coefficient (Wildman–Crippen LogP) is 1.69. The molecule has 0 aliphatic carbocycles. The Morgan fingerprint density at radius 2 is 2.31 bits per heavy atom. The van der Waals surface area contributed by atoms with Crippen LogP contribution in [0.1, 0.15) is 6.42 Å². The first kappa shape index (κ1) is 11.5. The molecule has 0 radical (unpaired) electrons. The highest BCUT2D eigenvalue weighted by Crippen LogP contribution is 2.21. The van der Waals surface area contributed by atoms with E-state index in [1.165, 1.54) is 0 Å². The summed E-state index contributed by atoms with van der Waals surface area (Å²) in [5.74, 6) is 0.624. The first-order valence-corrected chi connectivity index (χ1v) is 5.50. The van der Waals surface area contributed by atoms with Crippen LogP contribution in [0.25, 0.3) is 0 Å². The van der Waals surface area contributed by atoms with Gasteiger partial charge in [-0.25, -0.2) is 4.39 Å². The summed E-state index contributed by atoms with van der Waals surface area (Å²) in [7, 11) is 1.81. The van der Waals surface area contributed by atoms with Gasteiger partial charge in [-0.1, -0.05) is 11.6 Å². The van der Waals surface area contributed by atoms with Crippen molar-refractivity contribution >= 4 is 17.4 Å². The number of rotatable bonds is 2. The maximum Gasteiger partial charge on any atom is 0.151 e. The van der Waals surface area contributed by atoms with Crippen LogP contribution >= 0.6 is 11.6 Å². The second-order valence-corrected chi connectivity index (χ2v) is 4.16. The summed E-state index contributed by atoms with van der Waals surface area (Å²) < 4.78 is 18.7. The minimum Gasteiger partial charge on any atom is -0.378 e. The lowest BCUT2D eigenvalue weighted by atomic mass is 10.1. The molecule has 1 saturated heterocycles. The fraction of sp³-hybridized carbons (Fsp3) is 0.600. The molecule has 1 fully saturated rings. The Balaban J connectivity index is 2.11. The van der Waals surface area contributed by atoms with Gasteiger partial charge in [0.1, 0.15) is 6.17 Å². The molecule has 0 bridgehead atoms. The van der Waals surface area contributed by atoms with Crippen molar-refractivity contribution in [1.29, 1.82) is 0 Å². The van der Waals surface area contributed by atoms with Crippen molar-refractivity contribution in [2.24, 2.45) is 0 Å². The molecule has 2 heterocycles. The Morgan fingerprint density at radius 3 is 2.94 bits per heavy atom. The third-order valence-electron chi connectivity index (χ3n) is 2.73. The Labute approximate surface area is 98.4 Å². The van der Waals surface area contributed by atoms with Crippen LogP contribution in [-0.2, 0) is 4.74 Å². The maximum atomic E-state index is 13.6. The van der Waals surface area contributed by atoms with Gasteiger partial charge in [-0.15, -0.1) is 10.2 Å². The minimum atomic E-state index is -0.990. The normalized spacial score (nSPS) is 25.4. The average Bonchev–Trinajstić information content (AvgIpc) is 2.30. The van der Waals surface area contributed by atoms with Crippen LogP contribution < -0.4 is 4.90 Å². The molecule has 1 aromatic rings. The Kier molecular flexibility index (Phi) is 3.56. The molecule has 4 nitrogen and oxygen atoms in total. The van der Waals surface area contributed by atoms with Crippen molar-refractivity contribution in [1.82, 2.24) is 10.2 Å². The zero-order chi connectivity index (χ0) is 11.5. The fourth-order valence-corrected chi connectivity index (χ4v) is 1.90. The van der Waals surface area contributed by atoms with Gasteiger partial charge in [-0.3, -0.25) is 0 Å². The maximum absolute atomic E-state index is 13.6. The van der Waals surface area contributed by atoms with Crippen LogP contribution in [-0.4, -0.2) is 42.7 Å². The van der Waals surface area contributed by atoms with Crippen LogP contribution in [0.15, 0.2) is 12.1 Å². The topological polar surface area (TPSA) is 38.2 Å². The second kappa shape index (κ2) is 4.93. The number of ether oxygens (including phenoxy) is 1. The Hall–Kier alpha value is -0.940. The van der Waals surface area contributed by atoms with Gasteiger partial charge in [0.2, 0.25) is 0 Å². The SMILES string of the molecule is CN(c1ccc(Cl)nn1)[C@@H]1CCOC[C@@H]1F. The average molecular weight is 246 g/mol. The van der Waals surface area contributed by atoms with E-state index in [9.17, 15) is 4.39 Å². The van der Waals surface area contributed by atoms with Crippen molar-refractivity contribution in [3.63, 3.8) is 0 Å². The summed E-state index contributed by atoms with van der Waals surface area (Å²) in [4.78, 5) is 1.79. The summed E-state index contributed by atoms with van der Waals surface area (Å²) in [6, 6.07) is 3.18. The molecular formula is C10H13ClFN3O. The minimum absolute atomic E-state index is 0.149. The van der Waals surface area contributed by atoms with Crippen LogP contribution in [0.4, 0.5) is 10.2 Å². The van der Waals surface area contributed by atoms with E-state index in [1.54, 1.807) is 24.1 Å². The molecule has 0 spiro atoms. The van der Waals surface area contributed by atoms with E-state index in [0.29, 0.717) is 24.0 Å². The van der Waals surface area contributed by atoms with E-state index in [-0.39, 0.29) is 12.6 Å². The van der Waals surface area contributed by atoms with Gasteiger partial charge >= 0.3 is 0 Å². The van der Waals surface area contributed by atoms with Crippen LogP contribution in [0, 0.1) is 0 Å². The lowest BCUT2D eigenvalue weighted by Crippen LogP contribution is -2.45. The molecule has 16 heavy (non-hydrogen) atoms. The van der Waals surface area contributed by atoms with Gasteiger partial charge in [0.25, 0.3) is 0 Å². The highest BCUT2D eigenvalue weighted by atomic mass is 35.5. The van der Waals surface area contributed by atoms with E-state index >= 15 is 0 Å². The Bertz CT molecular complexity index is 348. The van der Waals surface area contributed by atoms with E-state index in [2.05, 4.69) is 10.2 Å². The molecule has 2 rings (SSSR count). The van der Waals surface area contributed by atoms with E-state index in [4.69, 9.17) is 16.3 Å². The van der Waals surface area contributed by atoms with Crippen molar-refractivity contribution in [2.45, 2.75) is 18.6 Å². The van der Waals surface area contributed by atoms with Crippen molar-refractivity contribution in [2.75, 3.05) is 25.2 Å². The molecule has 6 heteroatoms. The molecule has 1 aromatic heterocycles. The molecule has 1 aliphatic heterocycles. The molecule has 0 unspecified atom stereocenters. The van der Waals surface area contributed by atoms with Gasteiger partial charge in [0, 0.05) is 13.7 Å². The number of aromatic nitrogens is 2. The van der Waals surface area contributed by atoms with Crippen LogP contribution in [0.5, 0.6) is 0 Å². The van der Waals surface area contributed by atoms with Crippen molar-refractivity contribution < 1.29 is 9.13 Å². The number of nitrogens with zero attached hydrogens (tertiary/aromatic N) is 3. The number of anilines is 1. The highest BCUT2D eigenvalue weighted by molar-refractivity contribution is 6.29. The number of alkyl halides is 1. The molecule has 0 aromatic carbocycles. The molecule has 0 amide bonds. The summed E-state index contributed by atoms with van der Waals surface area (Å²) >= 11 is 5.64. The standard InChI is InChI=1S/C10H13ClFN3O/c1-15(8-4-5-16-6-7(8)12)10-3-2-9(11)13-14-10/h2-3,7-8H,4-6H2,1H3/t7-,8+/m0/s1. The first-order valence-electron chi connectivity index (χ1n) is 5.12. The monoisotopic (exact) mass is 245 g/mol. The first-order chi connectivity index (χ1) is 7.68. The summed E-state index contributed by atoms with van der Waals surface area (Å²) in [5, 5.41) is 8.00. The zero-order valence-corrected chi connectivity index (χ0v) is 9.69. The van der Waals surface area contributed by atoms with E-state index in [1.807, 2.05) is 0 Å². The molecule has 0 saturated carbocycles. The fourth-order valence-electron chi connectivity index (χ4n) is 1.80. The van der Waals surface area contributed by atoms with E-state index < -0.39 is 6.17 Å². The molecule has 2 atom stereocenters. The van der Waals surface area contributed by atoms with Gasteiger partial charge in [0.15, 0.2) is 11.0 Å². The second-order valence-electron chi connectivity index (χ2n) is 3.77. The van der Waals surface area contributed by atoms with Gasteiger partial charge in [0.05, 0.1) is 12.6 Å². The largest absolute Gasteiger partial charge is 0.378 e. The number of hydrogen-bond acceptors (Lipinski definition) is 4. The van der Waals surface area contributed by atoms with Crippen LogP contribution in [0.3, 0.4) is 0 Å². The van der Waals surface area contributed by atoms with Gasteiger partial charge < -0.3 is 9.64 Å². The van der Waals surface area contributed by atoms with E-state index in [0.717, 1.165) is 0 Å². The smallest absolute Gasteiger partial charge is 0.151 e. The zero-order valence-electron chi connectivity index (χ0n) is 8.94. The van der Waals surface area contributed by atoms with Gasteiger partial charge in [-0.2, -0.15) is 0 Å². The third-order valence-corrected chi connectivity index (χ3v) is 2.93. The molecule has 0 N–H and O–H groups in total. The highest BCUT2D eigenvalue weighted by Gasteiger charge is 2.29. The third kappa shape index (κ3) is 2.41. The summed E-state index contributed by atoms with van der Waals surface area (Å²) in [6.07, 6.45) is -0.335. The van der Waals surface area contributed by atoms with Gasteiger partial charge in [-0.05, 0) is 18.6 Å². The lowest BCUT2D eigenvalue weighted by molar-refractivity contribution is 0.0225. The summed E-state index contributed by atoms with van der Waals surface area (Å²) in [5.41, 5.74) is 0.